The monoisotopic (exact) mass is 584 g/mol. The molecule has 2 aliphatic rings. The van der Waals surface area contributed by atoms with Crippen LogP contribution in [-0.2, 0) is 22.9 Å². The van der Waals surface area contributed by atoms with Crippen LogP contribution in [0.4, 0.5) is 0 Å². The minimum Gasteiger partial charge on any atom is -0.147 e. The molecule has 0 radical (unpaired) electrons. The number of halogens is 2. The van der Waals surface area contributed by atoms with E-state index in [2.05, 4.69) is 87.8 Å². The van der Waals surface area contributed by atoms with Crippen LogP contribution in [0.15, 0.2) is 41.4 Å². The average molecular weight is 584 g/mol. The van der Waals surface area contributed by atoms with Gasteiger partial charge in [0.2, 0.25) is 0 Å². The van der Waals surface area contributed by atoms with Crippen molar-refractivity contribution >= 4 is 41.3 Å². The Labute approximate surface area is 180 Å². The van der Waals surface area contributed by atoms with E-state index in [4.69, 9.17) is 0 Å². The molecule has 0 aromatic heterocycles. The van der Waals surface area contributed by atoms with Crippen LogP contribution in [-0.4, -0.2) is 53.8 Å². The Kier molecular flexibility index (Phi) is 10.1. The van der Waals surface area contributed by atoms with Crippen molar-refractivity contribution in [2.45, 2.75) is 39.0 Å². The van der Waals surface area contributed by atoms with E-state index < -0.39 is 39.4 Å². The average Bonchev–Trinajstić information content (AvgIpc) is 3.08. The fraction of sp³-hybridized carbons (Fsp3) is 0.556. The summed E-state index contributed by atoms with van der Waals surface area (Å²) in [4.78, 5) is 0. The quantitative estimate of drug-likeness (QED) is 0.408. The van der Waals surface area contributed by atoms with Gasteiger partial charge in [-0.2, -0.15) is 0 Å². The molecule has 0 N–H and O–H groups in total. The minimum atomic E-state index is -1.44. The number of nitrogens with zero attached hydrogens (tertiary/aromatic N) is 2. The van der Waals surface area contributed by atoms with Crippen LogP contribution in [0.1, 0.15) is 12.8 Å². The SMILES string of the molecule is CN(C)[Si](C)(C)C1=[C]([Hf][C]2=C([Si](C)(C)N(C)C)C=CC2)CC=C1.Cl.Cl. The second kappa shape index (κ2) is 9.81. The van der Waals surface area contributed by atoms with Crippen LogP contribution in [0.5, 0.6) is 0 Å². The van der Waals surface area contributed by atoms with Gasteiger partial charge in [-0.1, -0.05) is 0 Å². The summed E-state index contributed by atoms with van der Waals surface area (Å²) in [6.45, 7) is 10.0. The predicted octanol–water partition coefficient (Wildman–Crippen LogP) is 4.95. The molecule has 0 spiro atoms. The van der Waals surface area contributed by atoms with E-state index in [0.29, 0.717) is 0 Å². The van der Waals surface area contributed by atoms with Crippen molar-refractivity contribution in [1.82, 2.24) is 9.13 Å². The fourth-order valence-electron chi connectivity index (χ4n) is 3.06. The van der Waals surface area contributed by atoms with E-state index in [9.17, 15) is 0 Å². The van der Waals surface area contributed by atoms with Crippen LogP contribution >= 0.6 is 24.8 Å². The number of allylic oxidation sites excluding steroid dienone is 8. The number of hydrogen-bond donors (Lipinski definition) is 0. The van der Waals surface area contributed by atoms with Crippen LogP contribution in [0.3, 0.4) is 0 Å². The molecule has 2 nitrogen and oxygen atoms in total. The second-order valence-corrected chi connectivity index (χ2v) is 22.4. The van der Waals surface area contributed by atoms with Crippen molar-refractivity contribution in [3.63, 3.8) is 0 Å². The van der Waals surface area contributed by atoms with Crippen LogP contribution in [0.2, 0.25) is 26.2 Å². The van der Waals surface area contributed by atoms with Crippen LogP contribution < -0.4 is 0 Å². The van der Waals surface area contributed by atoms with Gasteiger partial charge in [-0.05, 0) is 0 Å². The summed E-state index contributed by atoms with van der Waals surface area (Å²) >= 11 is -0.897. The molecule has 0 amide bonds. The van der Waals surface area contributed by atoms with Gasteiger partial charge in [-0.25, -0.2) is 0 Å². The van der Waals surface area contributed by atoms with E-state index in [-0.39, 0.29) is 24.8 Å². The van der Waals surface area contributed by atoms with Gasteiger partial charge in [0.25, 0.3) is 0 Å². The summed E-state index contributed by atoms with van der Waals surface area (Å²) in [5.41, 5.74) is 0. The first-order valence-corrected chi connectivity index (χ1v) is 18.0. The Morgan fingerprint density at radius 3 is 1.32 bits per heavy atom. The van der Waals surface area contributed by atoms with Crippen LogP contribution in [0, 0.1) is 0 Å². The third kappa shape index (κ3) is 5.40. The first kappa shape index (κ1) is 25.8. The molecule has 142 valence electrons. The van der Waals surface area contributed by atoms with Crippen molar-refractivity contribution in [2.75, 3.05) is 28.2 Å². The van der Waals surface area contributed by atoms with Crippen molar-refractivity contribution in [1.29, 1.82) is 0 Å². The summed E-state index contributed by atoms with van der Waals surface area (Å²) in [5, 5.41) is 3.49. The van der Waals surface area contributed by atoms with Gasteiger partial charge in [0.15, 0.2) is 0 Å². The van der Waals surface area contributed by atoms with E-state index in [1.54, 1.807) is 10.4 Å². The van der Waals surface area contributed by atoms with Gasteiger partial charge >= 0.3 is 157 Å². The summed E-state index contributed by atoms with van der Waals surface area (Å²) in [7, 11) is 6.18. The second-order valence-electron chi connectivity index (χ2n) is 8.03. The van der Waals surface area contributed by atoms with E-state index in [1.807, 2.05) is 6.66 Å². The Bertz CT molecular complexity index is 554. The summed E-state index contributed by atoms with van der Waals surface area (Å²) in [5.74, 6) is 0. The van der Waals surface area contributed by atoms with Crippen molar-refractivity contribution in [3.05, 3.63) is 41.4 Å². The Balaban J connectivity index is 0.00000288. The molecule has 0 saturated carbocycles. The number of rotatable bonds is 6. The zero-order valence-corrected chi connectivity index (χ0v) is 24.2. The van der Waals surface area contributed by atoms with Gasteiger partial charge in [0.1, 0.15) is 0 Å². The Hall–Kier alpha value is 0.764. The Morgan fingerprint density at radius 2 is 1.04 bits per heavy atom. The van der Waals surface area contributed by atoms with Crippen LogP contribution in [0.25, 0.3) is 0 Å². The molecule has 0 bridgehead atoms. The molecule has 0 aromatic rings. The largest absolute Gasteiger partial charge is 0.147 e. The summed E-state index contributed by atoms with van der Waals surface area (Å²) < 4.78 is 8.75. The molecule has 25 heavy (non-hydrogen) atoms. The van der Waals surface area contributed by atoms with Crippen molar-refractivity contribution < 1.29 is 22.9 Å². The molecule has 0 atom stereocenters. The van der Waals surface area contributed by atoms with E-state index in [0.717, 1.165) is 0 Å². The molecule has 2 rings (SSSR count). The van der Waals surface area contributed by atoms with Gasteiger partial charge in [-0.15, -0.1) is 24.8 Å². The normalized spacial score (nSPS) is 17.5. The molecule has 0 aliphatic heterocycles. The number of hydrogen-bond acceptors (Lipinski definition) is 2. The van der Waals surface area contributed by atoms with Crippen molar-refractivity contribution in [3.8, 4) is 0 Å². The van der Waals surface area contributed by atoms with Gasteiger partial charge in [0, 0.05) is 0 Å². The van der Waals surface area contributed by atoms with E-state index >= 15 is 0 Å². The van der Waals surface area contributed by atoms with Crippen molar-refractivity contribution in [2.24, 2.45) is 0 Å². The predicted molar refractivity (Wildman–Crippen MR) is 118 cm³/mol. The molecule has 7 heteroatoms. The molecular weight excluding hydrogens is 550 g/mol. The first-order valence-electron chi connectivity index (χ1n) is 8.50. The van der Waals surface area contributed by atoms with Gasteiger partial charge < -0.3 is 0 Å². The third-order valence-corrected chi connectivity index (χ3v) is 21.1. The summed E-state index contributed by atoms with van der Waals surface area (Å²) in [6, 6.07) is 0. The third-order valence-electron chi connectivity index (χ3n) is 5.72. The Morgan fingerprint density at radius 1 is 0.720 bits per heavy atom. The first-order chi connectivity index (χ1) is 10.6. The smallest absolute Gasteiger partial charge is 0.147 e. The maximum atomic E-state index is 2.50. The molecule has 0 aromatic carbocycles. The standard InChI is InChI=1S/2C9H16NSi.2ClH.Hf/c2*1-10(2)11(3,4)9-7-5-6-8-9;;;/h2*5,7H,6H2,1-4H3;2*1H;. The molecule has 0 heterocycles. The topological polar surface area (TPSA) is 6.48 Å². The maximum Gasteiger partial charge on any atom is -0.147 e. The fourth-order valence-corrected chi connectivity index (χ4v) is 18.8. The minimum absolute atomic E-state index is 0. The molecular formula is C18H34Cl2HfN2Si2. The molecule has 0 saturated heterocycles. The maximum absolute atomic E-state index is 2.50. The molecule has 0 unspecified atom stereocenters. The molecule has 2 aliphatic carbocycles. The zero-order chi connectivity index (χ0) is 17.4. The summed E-state index contributed by atoms with van der Waals surface area (Å²) in [6.07, 6.45) is 12.3. The molecule has 0 fully saturated rings. The zero-order valence-electron chi connectivity index (χ0n) is 16.9. The van der Waals surface area contributed by atoms with Gasteiger partial charge in [-0.3, -0.25) is 0 Å². The van der Waals surface area contributed by atoms with Gasteiger partial charge in [0.05, 0.1) is 0 Å². The van der Waals surface area contributed by atoms with E-state index in [1.165, 1.54) is 12.8 Å².